The van der Waals surface area contributed by atoms with E-state index in [0.29, 0.717) is 18.1 Å². The van der Waals surface area contributed by atoms with E-state index in [0.717, 1.165) is 44.9 Å². The average Bonchev–Trinajstić information content (AvgIpc) is 3.26. The number of hydrogen-bond donors (Lipinski definition) is 0. The van der Waals surface area contributed by atoms with Gasteiger partial charge in [-0.3, -0.25) is 14.8 Å². The molecule has 2 saturated heterocycles. The number of piperidine rings is 1. The molecule has 0 spiro atoms. The van der Waals surface area contributed by atoms with Crippen molar-refractivity contribution in [2.75, 3.05) is 26.7 Å². The highest BCUT2D eigenvalue weighted by Gasteiger charge is 2.44. The Balaban J connectivity index is 1.47. The molecule has 2 aliphatic rings. The van der Waals surface area contributed by atoms with Crippen molar-refractivity contribution in [2.45, 2.75) is 31.7 Å². The zero-order chi connectivity index (χ0) is 16.4. The van der Waals surface area contributed by atoms with Gasteiger partial charge < -0.3 is 9.15 Å². The Kier molecular flexibility index (Phi) is 4.65. The van der Waals surface area contributed by atoms with Gasteiger partial charge in [0.25, 0.3) is 0 Å². The third kappa shape index (κ3) is 3.24. The fraction of sp³-hybridized carbons (Fsp3) is 0.526. The molecule has 2 aromatic rings. The van der Waals surface area contributed by atoms with Crippen LogP contribution >= 0.6 is 0 Å². The average molecular weight is 327 g/mol. The van der Waals surface area contributed by atoms with Crippen molar-refractivity contribution in [2.24, 2.45) is 5.92 Å². The minimum atomic E-state index is 0.363. The zero-order valence-electron chi connectivity index (χ0n) is 14.2. The van der Waals surface area contributed by atoms with Gasteiger partial charge in [-0.15, -0.1) is 0 Å². The summed E-state index contributed by atoms with van der Waals surface area (Å²) in [6, 6.07) is 8.74. The molecule has 0 amide bonds. The Hall–Kier alpha value is -1.69. The quantitative estimate of drug-likeness (QED) is 0.843. The highest BCUT2D eigenvalue weighted by atomic mass is 16.5. The van der Waals surface area contributed by atoms with Crippen LogP contribution in [0.3, 0.4) is 0 Å². The van der Waals surface area contributed by atoms with Crippen LogP contribution in [0.1, 0.15) is 17.7 Å². The number of furan rings is 1. The maximum atomic E-state index is 5.80. The molecule has 128 valence electrons. The highest BCUT2D eigenvalue weighted by molar-refractivity contribution is 5.10. The van der Waals surface area contributed by atoms with Gasteiger partial charge in [0.2, 0.25) is 0 Å². The predicted octanol–water partition coefficient (Wildman–Crippen LogP) is 2.40. The van der Waals surface area contributed by atoms with Crippen molar-refractivity contribution in [1.82, 2.24) is 14.8 Å². The van der Waals surface area contributed by atoms with Gasteiger partial charge in [0.05, 0.1) is 18.9 Å². The standard InChI is InChI=1S/C19H25N3O2/c1-23-19-6-8-22(12-16-5-3-9-24-16)18-14-21(13-17(18)19)11-15-4-2-7-20-10-15/h2-5,7,9-10,17-19H,6,8,11-14H2,1H3/t17-,18+,19-/m1/s1. The Labute approximate surface area is 143 Å². The number of ether oxygens (including phenoxy) is 1. The maximum absolute atomic E-state index is 5.80. The smallest absolute Gasteiger partial charge is 0.117 e. The van der Waals surface area contributed by atoms with E-state index >= 15 is 0 Å². The van der Waals surface area contributed by atoms with Gasteiger partial charge in [0.15, 0.2) is 0 Å². The van der Waals surface area contributed by atoms with Gasteiger partial charge in [-0.25, -0.2) is 0 Å². The van der Waals surface area contributed by atoms with E-state index in [1.165, 1.54) is 5.56 Å². The van der Waals surface area contributed by atoms with Gasteiger partial charge in [-0.1, -0.05) is 6.07 Å². The van der Waals surface area contributed by atoms with E-state index in [4.69, 9.17) is 9.15 Å². The van der Waals surface area contributed by atoms with Crippen molar-refractivity contribution >= 4 is 0 Å². The number of hydrogen-bond acceptors (Lipinski definition) is 5. The number of rotatable bonds is 5. The molecule has 4 heterocycles. The number of likely N-dealkylation sites (tertiary alicyclic amines) is 2. The molecular formula is C19H25N3O2. The Morgan fingerprint density at radius 1 is 1.25 bits per heavy atom. The highest BCUT2D eigenvalue weighted by Crippen LogP contribution is 2.34. The van der Waals surface area contributed by atoms with Crippen molar-refractivity contribution in [3.63, 3.8) is 0 Å². The fourth-order valence-corrected chi connectivity index (χ4v) is 4.29. The number of pyridine rings is 1. The van der Waals surface area contributed by atoms with Crippen molar-refractivity contribution in [1.29, 1.82) is 0 Å². The summed E-state index contributed by atoms with van der Waals surface area (Å²) in [5.74, 6) is 1.62. The molecule has 0 unspecified atom stereocenters. The van der Waals surface area contributed by atoms with Gasteiger partial charge in [-0.05, 0) is 30.2 Å². The van der Waals surface area contributed by atoms with Crippen molar-refractivity contribution < 1.29 is 9.15 Å². The van der Waals surface area contributed by atoms with Gasteiger partial charge in [0.1, 0.15) is 5.76 Å². The summed E-state index contributed by atoms with van der Waals surface area (Å²) in [7, 11) is 1.85. The van der Waals surface area contributed by atoms with Crippen LogP contribution in [-0.2, 0) is 17.8 Å². The van der Waals surface area contributed by atoms with Gasteiger partial charge >= 0.3 is 0 Å². The van der Waals surface area contributed by atoms with Crippen LogP contribution in [0.2, 0.25) is 0 Å². The summed E-state index contributed by atoms with van der Waals surface area (Å²) >= 11 is 0. The minimum Gasteiger partial charge on any atom is -0.468 e. The summed E-state index contributed by atoms with van der Waals surface area (Å²) in [6.07, 6.45) is 7.02. The van der Waals surface area contributed by atoms with Crippen LogP contribution in [0, 0.1) is 5.92 Å². The van der Waals surface area contributed by atoms with Crippen LogP contribution in [-0.4, -0.2) is 53.7 Å². The first-order chi connectivity index (χ1) is 11.8. The summed E-state index contributed by atoms with van der Waals surface area (Å²) in [4.78, 5) is 9.35. The molecule has 2 aromatic heterocycles. The summed E-state index contributed by atoms with van der Waals surface area (Å²) in [5.41, 5.74) is 1.28. The minimum absolute atomic E-state index is 0.363. The number of nitrogens with zero attached hydrogens (tertiary/aromatic N) is 3. The molecule has 4 rings (SSSR count). The lowest BCUT2D eigenvalue weighted by Gasteiger charge is -2.40. The van der Waals surface area contributed by atoms with E-state index in [1.807, 2.05) is 31.6 Å². The molecule has 2 aliphatic heterocycles. The molecule has 2 fully saturated rings. The number of aromatic nitrogens is 1. The number of methoxy groups -OCH3 is 1. The Morgan fingerprint density at radius 2 is 2.21 bits per heavy atom. The lowest BCUT2D eigenvalue weighted by molar-refractivity contribution is -0.0262. The van der Waals surface area contributed by atoms with E-state index in [1.54, 1.807) is 6.26 Å². The predicted molar refractivity (Wildman–Crippen MR) is 91.3 cm³/mol. The van der Waals surface area contributed by atoms with Crippen LogP contribution in [0.4, 0.5) is 0 Å². The first-order valence-corrected chi connectivity index (χ1v) is 8.74. The van der Waals surface area contributed by atoms with Gasteiger partial charge in [-0.2, -0.15) is 0 Å². The fourth-order valence-electron chi connectivity index (χ4n) is 4.29. The number of fused-ring (bicyclic) bond motifs is 1. The Morgan fingerprint density at radius 3 is 2.96 bits per heavy atom. The second-order valence-corrected chi connectivity index (χ2v) is 6.90. The summed E-state index contributed by atoms with van der Waals surface area (Å²) in [6.45, 7) is 5.10. The van der Waals surface area contributed by atoms with E-state index < -0.39 is 0 Å². The second kappa shape index (κ2) is 7.05. The van der Waals surface area contributed by atoms with E-state index in [2.05, 4.69) is 26.9 Å². The van der Waals surface area contributed by atoms with E-state index in [9.17, 15) is 0 Å². The SMILES string of the molecule is CO[C@@H]1CCN(Cc2ccco2)[C@H]2CN(Cc3cccnc3)C[C@@H]12. The molecule has 0 bridgehead atoms. The lowest BCUT2D eigenvalue weighted by atomic mass is 9.89. The van der Waals surface area contributed by atoms with Crippen molar-refractivity contribution in [3.8, 4) is 0 Å². The second-order valence-electron chi connectivity index (χ2n) is 6.90. The summed E-state index contributed by atoms with van der Waals surface area (Å²) < 4.78 is 11.4. The van der Waals surface area contributed by atoms with Crippen LogP contribution in [0.15, 0.2) is 47.3 Å². The molecule has 3 atom stereocenters. The first-order valence-electron chi connectivity index (χ1n) is 8.74. The van der Waals surface area contributed by atoms with E-state index in [-0.39, 0.29) is 0 Å². The Bertz CT molecular complexity index is 631. The normalized spacial score (nSPS) is 28.1. The molecule has 5 nitrogen and oxygen atoms in total. The molecule has 24 heavy (non-hydrogen) atoms. The first kappa shape index (κ1) is 15.8. The monoisotopic (exact) mass is 327 g/mol. The maximum Gasteiger partial charge on any atom is 0.117 e. The molecule has 5 heteroatoms. The molecule has 0 aliphatic carbocycles. The van der Waals surface area contributed by atoms with Gasteiger partial charge in [0, 0.05) is 57.6 Å². The third-order valence-corrected chi connectivity index (χ3v) is 5.43. The topological polar surface area (TPSA) is 41.7 Å². The van der Waals surface area contributed by atoms with Crippen molar-refractivity contribution in [3.05, 3.63) is 54.2 Å². The summed E-state index contributed by atoms with van der Waals surface area (Å²) in [5, 5.41) is 0. The third-order valence-electron chi connectivity index (χ3n) is 5.43. The molecule has 0 saturated carbocycles. The zero-order valence-corrected chi connectivity index (χ0v) is 14.2. The molecule has 0 aromatic carbocycles. The van der Waals surface area contributed by atoms with Crippen LogP contribution in [0.5, 0.6) is 0 Å². The van der Waals surface area contributed by atoms with Crippen LogP contribution < -0.4 is 0 Å². The molecule has 0 radical (unpaired) electrons. The van der Waals surface area contributed by atoms with Crippen LogP contribution in [0.25, 0.3) is 0 Å². The largest absolute Gasteiger partial charge is 0.468 e. The molecule has 0 N–H and O–H groups in total. The lowest BCUT2D eigenvalue weighted by Crippen LogP contribution is -2.50. The molecular weight excluding hydrogens is 302 g/mol.